The van der Waals surface area contributed by atoms with Gasteiger partial charge in [-0.05, 0) is 43.1 Å². The average Bonchev–Trinajstić information content (AvgIpc) is 3.71. The molecular formula is C34H49NO8Si. The van der Waals surface area contributed by atoms with Gasteiger partial charge in [-0.2, -0.15) is 5.06 Å². The summed E-state index contributed by atoms with van der Waals surface area (Å²) in [4.78, 5) is 6.82. The zero-order valence-corrected chi connectivity index (χ0v) is 28.6. The maximum atomic E-state index is 7.31. The van der Waals surface area contributed by atoms with E-state index in [1.807, 2.05) is 44.9 Å². The Morgan fingerprint density at radius 1 is 0.818 bits per heavy atom. The summed E-state index contributed by atoms with van der Waals surface area (Å²) >= 11 is 0. The summed E-state index contributed by atoms with van der Waals surface area (Å²) in [5, 5.41) is 4.19. The Bertz CT molecular complexity index is 1240. The van der Waals surface area contributed by atoms with Crippen molar-refractivity contribution >= 4 is 18.7 Å². The van der Waals surface area contributed by atoms with Gasteiger partial charge in [-0.3, -0.25) is 4.84 Å². The van der Waals surface area contributed by atoms with E-state index in [4.69, 9.17) is 37.7 Å². The van der Waals surface area contributed by atoms with Crippen LogP contribution in [0.25, 0.3) is 0 Å². The van der Waals surface area contributed by atoms with Gasteiger partial charge in [-0.25, -0.2) is 0 Å². The van der Waals surface area contributed by atoms with E-state index < -0.39 is 31.8 Å². The molecule has 10 heteroatoms. The summed E-state index contributed by atoms with van der Waals surface area (Å²) < 4.78 is 45.1. The monoisotopic (exact) mass is 627 g/mol. The van der Waals surface area contributed by atoms with Gasteiger partial charge >= 0.3 is 0 Å². The number of hydrogen-bond donors (Lipinski definition) is 0. The van der Waals surface area contributed by atoms with Gasteiger partial charge in [0.05, 0.1) is 25.3 Å². The topological polar surface area (TPSA) is 77.1 Å². The van der Waals surface area contributed by atoms with E-state index >= 15 is 0 Å². The molecule has 6 rings (SSSR count). The predicted octanol–water partition coefficient (Wildman–Crippen LogP) is 3.98. The molecule has 4 fully saturated rings. The molecule has 44 heavy (non-hydrogen) atoms. The van der Waals surface area contributed by atoms with E-state index in [-0.39, 0.29) is 42.0 Å². The molecule has 2 aromatic rings. The van der Waals surface area contributed by atoms with Crippen LogP contribution in [-0.4, -0.2) is 94.7 Å². The number of rotatable bonds is 9. The normalized spacial score (nSPS) is 31.8. The maximum Gasteiger partial charge on any atom is 0.261 e. The second-order valence-corrected chi connectivity index (χ2v) is 18.7. The van der Waals surface area contributed by atoms with Crippen molar-refractivity contribution in [3.8, 4) is 0 Å². The van der Waals surface area contributed by atoms with E-state index in [2.05, 4.69) is 69.3 Å². The van der Waals surface area contributed by atoms with E-state index in [9.17, 15) is 0 Å². The predicted molar refractivity (Wildman–Crippen MR) is 168 cm³/mol. The summed E-state index contributed by atoms with van der Waals surface area (Å²) in [5.41, 5.74) is 0. The third kappa shape index (κ3) is 5.41. The molecular weight excluding hydrogens is 578 g/mol. The molecule has 9 nitrogen and oxygen atoms in total. The van der Waals surface area contributed by atoms with Gasteiger partial charge in [-0.15, -0.1) is 0 Å². The lowest BCUT2D eigenvalue weighted by atomic mass is 9.98. The van der Waals surface area contributed by atoms with Gasteiger partial charge in [0.25, 0.3) is 8.32 Å². The minimum atomic E-state index is -2.87. The van der Waals surface area contributed by atoms with Crippen molar-refractivity contribution in [3.63, 3.8) is 0 Å². The molecule has 242 valence electrons. The number of nitrogens with zero attached hydrogens (tertiary/aromatic N) is 1. The van der Waals surface area contributed by atoms with Crippen LogP contribution in [-0.2, 0) is 37.7 Å². The summed E-state index contributed by atoms with van der Waals surface area (Å²) in [7, 11) is 0.461. The van der Waals surface area contributed by atoms with Crippen LogP contribution in [0.1, 0.15) is 54.9 Å². The highest BCUT2D eigenvalue weighted by Crippen LogP contribution is 2.50. The average molecular weight is 628 g/mol. The zero-order valence-electron chi connectivity index (χ0n) is 27.6. The molecule has 0 amide bonds. The SMILES string of the molecule is COC(CO[Si](c1ccccc1)(c1ccccc1)C(C)(C)C)(OC)C1CC2C3OC(C)(C)OC3C(C3COC(C)(C)O3)N2O1. The van der Waals surface area contributed by atoms with Gasteiger partial charge in [0.15, 0.2) is 11.6 Å². The highest BCUT2D eigenvalue weighted by atomic mass is 28.4. The molecule has 6 unspecified atom stereocenters. The molecule has 0 bridgehead atoms. The van der Waals surface area contributed by atoms with E-state index in [1.165, 1.54) is 10.4 Å². The van der Waals surface area contributed by atoms with Crippen molar-refractivity contribution in [2.75, 3.05) is 27.4 Å². The summed E-state index contributed by atoms with van der Waals surface area (Å²) in [6, 6.07) is 20.9. The van der Waals surface area contributed by atoms with Gasteiger partial charge in [0.1, 0.15) is 24.4 Å². The first kappa shape index (κ1) is 32.2. The number of hydrogen-bond acceptors (Lipinski definition) is 9. The largest absolute Gasteiger partial charge is 0.402 e. The van der Waals surface area contributed by atoms with Crippen molar-refractivity contribution in [2.45, 2.75) is 114 Å². The smallest absolute Gasteiger partial charge is 0.261 e. The Hall–Kier alpha value is -1.70. The van der Waals surface area contributed by atoms with Gasteiger partial charge in [0, 0.05) is 20.6 Å². The number of ether oxygens (including phenoxy) is 6. The second kappa shape index (κ2) is 11.5. The van der Waals surface area contributed by atoms with E-state index in [0.29, 0.717) is 13.0 Å². The first-order valence-electron chi connectivity index (χ1n) is 15.7. The number of benzene rings is 2. The number of hydroxylamine groups is 2. The fourth-order valence-electron chi connectivity index (χ4n) is 7.73. The molecule has 4 heterocycles. The lowest BCUT2D eigenvalue weighted by Crippen LogP contribution is -2.68. The van der Waals surface area contributed by atoms with Crippen LogP contribution < -0.4 is 10.4 Å². The third-order valence-corrected chi connectivity index (χ3v) is 14.7. The van der Waals surface area contributed by atoms with Gasteiger partial charge in [0.2, 0.25) is 5.79 Å². The number of fused-ring (bicyclic) bond motifs is 3. The molecule has 4 saturated heterocycles. The quantitative estimate of drug-likeness (QED) is 0.303. The van der Waals surface area contributed by atoms with Crippen molar-refractivity contribution in [2.24, 2.45) is 0 Å². The van der Waals surface area contributed by atoms with Crippen LogP contribution >= 0.6 is 0 Å². The van der Waals surface area contributed by atoms with Crippen LogP contribution in [0.4, 0.5) is 0 Å². The molecule has 0 spiro atoms. The van der Waals surface area contributed by atoms with Crippen molar-refractivity contribution < 1.29 is 37.7 Å². The maximum absolute atomic E-state index is 7.31. The third-order valence-electron chi connectivity index (χ3n) is 9.70. The Kier molecular flexibility index (Phi) is 8.44. The highest BCUT2D eigenvalue weighted by Gasteiger charge is 2.67. The molecule has 0 radical (unpaired) electrons. The van der Waals surface area contributed by atoms with Crippen molar-refractivity contribution in [3.05, 3.63) is 60.7 Å². The van der Waals surface area contributed by atoms with Crippen LogP contribution in [0.2, 0.25) is 5.04 Å². The van der Waals surface area contributed by atoms with Crippen LogP contribution in [0, 0.1) is 0 Å². The minimum absolute atomic E-state index is 0.0818. The second-order valence-electron chi connectivity index (χ2n) is 14.4. The summed E-state index contributed by atoms with van der Waals surface area (Å²) in [5.74, 6) is -2.57. The molecule has 0 aliphatic carbocycles. The Labute approximate surface area is 263 Å². The van der Waals surface area contributed by atoms with Crippen LogP contribution in [0.5, 0.6) is 0 Å². The Morgan fingerprint density at radius 2 is 1.39 bits per heavy atom. The number of methoxy groups -OCH3 is 2. The molecule has 0 aromatic heterocycles. The summed E-state index contributed by atoms with van der Waals surface area (Å²) in [6.45, 7) is 15.2. The van der Waals surface area contributed by atoms with E-state index in [0.717, 1.165) is 0 Å². The highest BCUT2D eigenvalue weighted by molar-refractivity contribution is 6.99. The first-order valence-corrected chi connectivity index (χ1v) is 17.6. The molecule has 0 saturated carbocycles. The molecule has 4 aliphatic heterocycles. The van der Waals surface area contributed by atoms with Crippen LogP contribution in [0.3, 0.4) is 0 Å². The Balaban J connectivity index is 1.33. The molecule has 4 aliphatic rings. The fraction of sp³-hybridized carbons (Fsp3) is 0.647. The van der Waals surface area contributed by atoms with Crippen LogP contribution in [0.15, 0.2) is 60.7 Å². The molecule has 0 N–H and O–H groups in total. The summed E-state index contributed by atoms with van der Waals surface area (Å²) in [6.07, 6.45) is -0.513. The van der Waals surface area contributed by atoms with E-state index in [1.54, 1.807) is 14.2 Å². The van der Waals surface area contributed by atoms with Crippen molar-refractivity contribution in [1.82, 2.24) is 5.06 Å². The lowest BCUT2D eigenvalue weighted by Gasteiger charge is -2.46. The molecule has 6 atom stereocenters. The fourth-order valence-corrected chi connectivity index (χ4v) is 12.3. The molecule has 2 aromatic carbocycles. The Morgan fingerprint density at radius 3 is 1.89 bits per heavy atom. The minimum Gasteiger partial charge on any atom is -0.402 e. The lowest BCUT2D eigenvalue weighted by molar-refractivity contribution is -0.320. The first-order chi connectivity index (χ1) is 20.8. The zero-order chi connectivity index (χ0) is 31.5. The van der Waals surface area contributed by atoms with Gasteiger partial charge in [-0.1, -0.05) is 81.4 Å². The van der Waals surface area contributed by atoms with Gasteiger partial charge < -0.3 is 32.8 Å². The standard InChI is InChI=1S/C34H49NO8Si/c1-31(2,3)44(23-16-12-10-13-17-23,24-18-14-11-15-19-24)39-22-34(36-8,37-9)27-20-25-29-30(42-33(6,7)41-29)28(35(25)43-27)26-21-38-32(4,5)40-26/h10-19,25-30H,20-22H2,1-9H3. The van der Waals surface area contributed by atoms with Crippen molar-refractivity contribution in [1.29, 1.82) is 0 Å².